The van der Waals surface area contributed by atoms with Crippen molar-refractivity contribution in [1.82, 2.24) is 10.6 Å². The standard InChI is InChI=1S/C14H25N3O4/c1-13(2,8-10(15)18)16-12(21)17-14(9-11(19)20)6-4-3-5-7-14/h3-9H2,1-2H3,(H2,15,18)(H,19,20)(H2,16,17,21). The van der Waals surface area contributed by atoms with Crippen LogP contribution < -0.4 is 16.4 Å². The van der Waals surface area contributed by atoms with Gasteiger partial charge >= 0.3 is 12.0 Å². The van der Waals surface area contributed by atoms with Gasteiger partial charge < -0.3 is 21.5 Å². The van der Waals surface area contributed by atoms with E-state index >= 15 is 0 Å². The van der Waals surface area contributed by atoms with Crippen LogP contribution in [0.4, 0.5) is 4.79 Å². The Kier molecular flexibility index (Phi) is 5.57. The fourth-order valence-electron chi connectivity index (χ4n) is 2.92. The van der Waals surface area contributed by atoms with E-state index in [4.69, 9.17) is 10.8 Å². The van der Waals surface area contributed by atoms with Gasteiger partial charge in [-0.3, -0.25) is 9.59 Å². The summed E-state index contributed by atoms with van der Waals surface area (Å²) < 4.78 is 0. The van der Waals surface area contributed by atoms with Crippen LogP contribution in [0.1, 0.15) is 58.8 Å². The molecule has 5 N–H and O–H groups in total. The summed E-state index contributed by atoms with van der Waals surface area (Å²) in [6.45, 7) is 3.39. The Labute approximate surface area is 124 Å². The van der Waals surface area contributed by atoms with Gasteiger partial charge in [0.1, 0.15) is 0 Å². The number of rotatable bonds is 6. The van der Waals surface area contributed by atoms with E-state index < -0.39 is 29.0 Å². The molecule has 1 aliphatic rings. The second-order valence-electron chi connectivity index (χ2n) is 6.52. The van der Waals surface area contributed by atoms with Crippen LogP contribution >= 0.6 is 0 Å². The summed E-state index contributed by atoms with van der Waals surface area (Å²) in [6, 6.07) is -0.454. The second-order valence-corrected chi connectivity index (χ2v) is 6.52. The van der Waals surface area contributed by atoms with Gasteiger partial charge in [-0.05, 0) is 26.7 Å². The number of hydrogen-bond donors (Lipinski definition) is 4. The molecule has 0 radical (unpaired) electrons. The molecule has 7 heteroatoms. The molecule has 0 atom stereocenters. The highest BCUT2D eigenvalue weighted by molar-refractivity contribution is 5.80. The number of amides is 3. The summed E-state index contributed by atoms with van der Waals surface area (Å²) in [6.07, 6.45) is 4.10. The molecule has 1 saturated carbocycles. The van der Waals surface area contributed by atoms with Gasteiger partial charge in [0.2, 0.25) is 5.91 Å². The Balaban J connectivity index is 2.68. The van der Waals surface area contributed by atoms with Crippen molar-refractivity contribution >= 4 is 17.9 Å². The molecule has 1 fully saturated rings. The van der Waals surface area contributed by atoms with Crippen LogP contribution in [0.5, 0.6) is 0 Å². The molecule has 0 heterocycles. The van der Waals surface area contributed by atoms with Crippen LogP contribution in [0.3, 0.4) is 0 Å². The number of carbonyl (C=O) groups excluding carboxylic acids is 2. The predicted octanol–water partition coefficient (Wildman–Crippen LogP) is 1.12. The van der Waals surface area contributed by atoms with Gasteiger partial charge in [0.15, 0.2) is 0 Å². The van der Waals surface area contributed by atoms with Crippen LogP contribution in [0.15, 0.2) is 0 Å². The maximum absolute atomic E-state index is 12.1. The molecular weight excluding hydrogens is 274 g/mol. The Morgan fingerprint density at radius 3 is 2.24 bits per heavy atom. The Bertz CT molecular complexity index is 414. The first-order valence-corrected chi connectivity index (χ1v) is 7.25. The molecule has 1 rings (SSSR count). The lowest BCUT2D eigenvalue weighted by molar-refractivity contribution is -0.139. The monoisotopic (exact) mass is 299 g/mol. The lowest BCUT2D eigenvalue weighted by atomic mass is 9.79. The minimum atomic E-state index is -0.923. The molecular formula is C14H25N3O4. The summed E-state index contributed by atoms with van der Waals surface area (Å²) in [5.74, 6) is -1.42. The van der Waals surface area contributed by atoms with E-state index in [1.165, 1.54) is 0 Å². The van der Waals surface area contributed by atoms with E-state index in [0.717, 1.165) is 19.3 Å². The molecule has 120 valence electrons. The highest BCUT2D eigenvalue weighted by Gasteiger charge is 2.36. The third-order valence-electron chi connectivity index (χ3n) is 3.75. The Morgan fingerprint density at radius 1 is 1.19 bits per heavy atom. The summed E-state index contributed by atoms with van der Waals surface area (Å²) in [5.41, 5.74) is 3.68. The highest BCUT2D eigenvalue weighted by atomic mass is 16.4. The summed E-state index contributed by atoms with van der Waals surface area (Å²) in [7, 11) is 0. The van der Waals surface area contributed by atoms with Gasteiger partial charge in [0.05, 0.1) is 12.0 Å². The third kappa shape index (κ3) is 6.01. The molecule has 1 aliphatic carbocycles. The first-order valence-electron chi connectivity index (χ1n) is 7.25. The van der Waals surface area contributed by atoms with Gasteiger partial charge in [0, 0.05) is 12.0 Å². The first-order chi connectivity index (χ1) is 9.64. The zero-order valence-electron chi connectivity index (χ0n) is 12.7. The Hall–Kier alpha value is -1.79. The van der Waals surface area contributed by atoms with Crippen molar-refractivity contribution in [2.45, 2.75) is 69.9 Å². The van der Waals surface area contributed by atoms with Crippen molar-refractivity contribution in [3.05, 3.63) is 0 Å². The molecule has 0 aromatic rings. The zero-order valence-corrected chi connectivity index (χ0v) is 12.7. The fourth-order valence-corrected chi connectivity index (χ4v) is 2.92. The average Bonchev–Trinajstić information content (AvgIpc) is 2.24. The number of nitrogens with one attached hydrogen (secondary N) is 2. The average molecular weight is 299 g/mol. The smallest absolute Gasteiger partial charge is 0.315 e. The summed E-state index contributed by atoms with van der Waals surface area (Å²) >= 11 is 0. The van der Waals surface area contributed by atoms with Gasteiger partial charge in [-0.15, -0.1) is 0 Å². The van der Waals surface area contributed by atoms with E-state index in [1.807, 2.05) is 0 Å². The molecule has 0 bridgehead atoms. The summed E-state index contributed by atoms with van der Waals surface area (Å²) in [5, 5.41) is 14.6. The van der Waals surface area contributed by atoms with Crippen LogP contribution in [-0.4, -0.2) is 34.1 Å². The number of carbonyl (C=O) groups is 3. The molecule has 0 saturated heterocycles. The quantitative estimate of drug-likeness (QED) is 0.587. The zero-order chi connectivity index (χ0) is 16.1. The van der Waals surface area contributed by atoms with E-state index in [2.05, 4.69) is 10.6 Å². The number of hydrogen-bond acceptors (Lipinski definition) is 3. The molecule has 0 aromatic heterocycles. The minimum absolute atomic E-state index is 0.0202. The van der Waals surface area contributed by atoms with Crippen molar-refractivity contribution in [2.24, 2.45) is 5.73 Å². The number of carboxylic acids is 1. The van der Waals surface area contributed by atoms with Crippen molar-refractivity contribution in [3.63, 3.8) is 0 Å². The second kappa shape index (κ2) is 6.78. The Morgan fingerprint density at radius 2 is 1.76 bits per heavy atom. The maximum Gasteiger partial charge on any atom is 0.315 e. The third-order valence-corrected chi connectivity index (χ3v) is 3.75. The molecule has 0 aliphatic heterocycles. The number of urea groups is 1. The molecule has 0 spiro atoms. The number of aliphatic carboxylic acids is 1. The normalized spacial score (nSPS) is 17.8. The summed E-state index contributed by atoms with van der Waals surface area (Å²) in [4.78, 5) is 34.1. The van der Waals surface area contributed by atoms with Crippen molar-refractivity contribution < 1.29 is 19.5 Å². The topological polar surface area (TPSA) is 122 Å². The molecule has 3 amide bonds. The van der Waals surface area contributed by atoms with E-state index in [9.17, 15) is 14.4 Å². The number of primary amides is 1. The molecule has 0 aromatic carbocycles. The van der Waals surface area contributed by atoms with E-state index in [1.54, 1.807) is 13.8 Å². The van der Waals surface area contributed by atoms with Crippen LogP contribution in [-0.2, 0) is 9.59 Å². The minimum Gasteiger partial charge on any atom is -0.481 e. The number of carboxylic acid groups (broad SMARTS) is 1. The van der Waals surface area contributed by atoms with Gasteiger partial charge in [0.25, 0.3) is 0 Å². The van der Waals surface area contributed by atoms with E-state index in [0.29, 0.717) is 12.8 Å². The molecule has 21 heavy (non-hydrogen) atoms. The van der Waals surface area contributed by atoms with Crippen LogP contribution in [0, 0.1) is 0 Å². The largest absolute Gasteiger partial charge is 0.481 e. The van der Waals surface area contributed by atoms with E-state index in [-0.39, 0.29) is 12.8 Å². The predicted molar refractivity (Wildman–Crippen MR) is 77.6 cm³/mol. The fraction of sp³-hybridized carbons (Fsp3) is 0.786. The highest BCUT2D eigenvalue weighted by Crippen LogP contribution is 2.31. The van der Waals surface area contributed by atoms with Crippen molar-refractivity contribution in [3.8, 4) is 0 Å². The van der Waals surface area contributed by atoms with Crippen LogP contribution in [0.2, 0.25) is 0 Å². The lowest BCUT2D eigenvalue weighted by Gasteiger charge is -2.38. The number of nitrogens with two attached hydrogens (primary N) is 1. The van der Waals surface area contributed by atoms with Gasteiger partial charge in [-0.2, -0.15) is 0 Å². The first kappa shape index (κ1) is 17.3. The van der Waals surface area contributed by atoms with Gasteiger partial charge in [-0.25, -0.2) is 4.79 Å². The molecule has 0 unspecified atom stereocenters. The van der Waals surface area contributed by atoms with Crippen LogP contribution in [0.25, 0.3) is 0 Å². The van der Waals surface area contributed by atoms with Crippen molar-refractivity contribution in [2.75, 3.05) is 0 Å². The van der Waals surface area contributed by atoms with Gasteiger partial charge in [-0.1, -0.05) is 19.3 Å². The lowest BCUT2D eigenvalue weighted by Crippen LogP contribution is -2.58. The SMILES string of the molecule is CC(C)(CC(N)=O)NC(=O)NC1(CC(=O)O)CCCCC1. The molecule has 7 nitrogen and oxygen atoms in total. The van der Waals surface area contributed by atoms with Crippen molar-refractivity contribution in [1.29, 1.82) is 0 Å². The maximum atomic E-state index is 12.1.